The summed E-state index contributed by atoms with van der Waals surface area (Å²) < 4.78 is 5.14. The lowest BCUT2D eigenvalue weighted by Crippen LogP contribution is -2.22. The molecule has 0 fully saturated rings. The van der Waals surface area contributed by atoms with Crippen molar-refractivity contribution >= 4 is 16.3 Å². The molecule has 0 heterocycles. The fraction of sp³-hybridized carbons (Fsp3) is 1.00. The van der Waals surface area contributed by atoms with Crippen molar-refractivity contribution in [1.82, 2.24) is 0 Å². The Morgan fingerprint density at radius 3 is 2.11 bits per heavy atom. The van der Waals surface area contributed by atoms with Gasteiger partial charge in [0.15, 0.2) is 0 Å². The minimum absolute atomic E-state index is 0.0503. The van der Waals surface area contributed by atoms with Crippen LogP contribution in [0.25, 0.3) is 0 Å². The lowest BCUT2D eigenvalue weighted by atomic mass is 9.98. The molecule has 9 heavy (non-hydrogen) atoms. The van der Waals surface area contributed by atoms with Crippen LogP contribution in [0.1, 0.15) is 40.0 Å². The van der Waals surface area contributed by atoms with Gasteiger partial charge in [0.2, 0.25) is 0 Å². The van der Waals surface area contributed by atoms with Gasteiger partial charge in [0.1, 0.15) is 0 Å². The summed E-state index contributed by atoms with van der Waals surface area (Å²) in [5.41, 5.74) is 0.0503. The molecular formula is C7H15BrO. The van der Waals surface area contributed by atoms with Crippen molar-refractivity contribution in [2.75, 3.05) is 0 Å². The Balaban J connectivity index is 3.62. The van der Waals surface area contributed by atoms with E-state index in [1.54, 1.807) is 0 Å². The molecule has 0 aromatic carbocycles. The van der Waals surface area contributed by atoms with E-state index in [0.717, 1.165) is 12.8 Å². The zero-order valence-electron chi connectivity index (χ0n) is 6.41. The van der Waals surface area contributed by atoms with E-state index in [1.807, 2.05) is 0 Å². The summed E-state index contributed by atoms with van der Waals surface area (Å²) in [7, 11) is 0. The summed E-state index contributed by atoms with van der Waals surface area (Å²) in [5.74, 6) is 0. The van der Waals surface area contributed by atoms with Crippen LogP contribution < -0.4 is 0 Å². The van der Waals surface area contributed by atoms with E-state index in [2.05, 4.69) is 37.0 Å². The molecule has 1 nitrogen and oxygen atoms in total. The molecule has 0 rings (SSSR count). The lowest BCUT2D eigenvalue weighted by molar-refractivity contribution is 0.113. The van der Waals surface area contributed by atoms with Crippen molar-refractivity contribution < 1.29 is 3.83 Å². The van der Waals surface area contributed by atoms with E-state index in [9.17, 15) is 0 Å². The second-order valence-electron chi connectivity index (χ2n) is 2.63. The van der Waals surface area contributed by atoms with Crippen LogP contribution in [-0.4, -0.2) is 5.60 Å². The van der Waals surface area contributed by atoms with Gasteiger partial charge >= 0.3 is 0 Å². The summed E-state index contributed by atoms with van der Waals surface area (Å²) in [4.78, 5) is 0. The third kappa shape index (κ3) is 3.21. The fourth-order valence-corrected chi connectivity index (χ4v) is 1.19. The van der Waals surface area contributed by atoms with Crippen molar-refractivity contribution in [1.29, 1.82) is 0 Å². The Labute approximate surface area is 66.2 Å². The standard InChI is InChI=1S/C7H15BrO/c1-4-6-7(3,5-2)9-8/h4-6H2,1-3H3. The molecule has 1 unspecified atom stereocenters. The van der Waals surface area contributed by atoms with Gasteiger partial charge in [-0.25, -0.2) is 0 Å². The quantitative estimate of drug-likeness (QED) is 0.668. The van der Waals surface area contributed by atoms with E-state index in [0.29, 0.717) is 0 Å². The Kier molecular flexibility index (Phi) is 4.50. The summed E-state index contributed by atoms with van der Waals surface area (Å²) >= 11 is 3.03. The average Bonchev–Trinajstić information content (AvgIpc) is 1.89. The second-order valence-corrected chi connectivity index (χ2v) is 2.95. The van der Waals surface area contributed by atoms with E-state index >= 15 is 0 Å². The summed E-state index contributed by atoms with van der Waals surface area (Å²) in [6.45, 7) is 6.42. The highest BCUT2D eigenvalue weighted by atomic mass is 79.9. The van der Waals surface area contributed by atoms with Crippen LogP contribution in [0.4, 0.5) is 0 Å². The highest BCUT2D eigenvalue weighted by Gasteiger charge is 2.20. The van der Waals surface area contributed by atoms with Gasteiger partial charge in [-0.15, -0.1) is 0 Å². The molecule has 0 amide bonds. The van der Waals surface area contributed by atoms with Crippen LogP contribution in [0.3, 0.4) is 0 Å². The maximum Gasteiger partial charge on any atom is 0.0993 e. The van der Waals surface area contributed by atoms with Crippen LogP contribution in [-0.2, 0) is 3.83 Å². The van der Waals surface area contributed by atoms with Crippen LogP contribution in [0.5, 0.6) is 0 Å². The summed E-state index contributed by atoms with van der Waals surface area (Å²) in [6.07, 6.45) is 3.36. The number of rotatable bonds is 4. The first kappa shape index (κ1) is 9.44. The van der Waals surface area contributed by atoms with Gasteiger partial charge in [0, 0.05) is 0 Å². The van der Waals surface area contributed by atoms with Gasteiger partial charge in [-0.2, -0.15) is 0 Å². The molecule has 0 aliphatic rings. The molecule has 0 aromatic rings. The Bertz CT molecular complexity index is 69.3. The van der Waals surface area contributed by atoms with E-state index in [1.165, 1.54) is 6.42 Å². The van der Waals surface area contributed by atoms with Crippen molar-refractivity contribution in [2.24, 2.45) is 0 Å². The maximum absolute atomic E-state index is 5.14. The zero-order chi connectivity index (χ0) is 7.33. The molecule has 2 heteroatoms. The molecule has 0 saturated carbocycles. The van der Waals surface area contributed by atoms with Gasteiger partial charge in [0.25, 0.3) is 0 Å². The van der Waals surface area contributed by atoms with Crippen LogP contribution in [0, 0.1) is 0 Å². The molecule has 56 valence electrons. The molecule has 0 radical (unpaired) electrons. The molecule has 0 aliphatic carbocycles. The van der Waals surface area contributed by atoms with Crippen LogP contribution in [0.2, 0.25) is 0 Å². The molecule has 0 bridgehead atoms. The second kappa shape index (κ2) is 4.29. The molecule has 0 saturated heterocycles. The van der Waals surface area contributed by atoms with Crippen molar-refractivity contribution in [3.63, 3.8) is 0 Å². The van der Waals surface area contributed by atoms with E-state index in [4.69, 9.17) is 3.83 Å². The lowest BCUT2D eigenvalue weighted by Gasteiger charge is -2.23. The predicted octanol–water partition coefficient (Wildman–Crippen LogP) is 3.28. The topological polar surface area (TPSA) is 9.23 Å². The molecule has 0 N–H and O–H groups in total. The fourth-order valence-electron chi connectivity index (χ4n) is 0.799. The molecule has 1 atom stereocenters. The number of hydrogen-bond acceptors (Lipinski definition) is 1. The van der Waals surface area contributed by atoms with Gasteiger partial charge in [-0.3, -0.25) is 0 Å². The third-order valence-corrected chi connectivity index (χ3v) is 2.49. The van der Waals surface area contributed by atoms with Gasteiger partial charge in [-0.1, -0.05) is 20.3 Å². The molecule has 0 aromatic heterocycles. The minimum Gasteiger partial charge on any atom is -0.302 e. The third-order valence-electron chi connectivity index (χ3n) is 1.71. The smallest absolute Gasteiger partial charge is 0.0993 e. The van der Waals surface area contributed by atoms with Crippen LogP contribution >= 0.6 is 16.3 Å². The average molecular weight is 195 g/mol. The highest BCUT2D eigenvalue weighted by Crippen LogP contribution is 2.23. The normalized spacial score (nSPS) is 17.3. The van der Waals surface area contributed by atoms with Crippen LogP contribution in [0.15, 0.2) is 0 Å². The first-order chi connectivity index (χ1) is 4.18. The maximum atomic E-state index is 5.14. The molecule has 0 spiro atoms. The first-order valence-corrected chi connectivity index (χ1v) is 4.13. The highest BCUT2D eigenvalue weighted by molar-refractivity contribution is 9.06. The number of halogens is 1. The van der Waals surface area contributed by atoms with Gasteiger partial charge in [-0.05, 0) is 19.8 Å². The van der Waals surface area contributed by atoms with Crippen molar-refractivity contribution in [3.05, 3.63) is 0 Å². The monoisotopic (exact) mass is 194 g/mol. The molecular weight excluding hydrogens is 180 g/mol. The van der Waals surface area contributed by atoms with Gasteiger partial charge < -0.3 is 3.83 Å². The largest absolute Gasteiger partial charge is 0.302 e. The first-order valence-electron chi connectivity index (χ1n) is 3.48. The Hall–Kier alpha value is 0.440. The minimum atomic E-state index is 0.0503. The van der Waals surface area contributed by atoms with E-state index < -0.39 is 0 Å². The summed E-state index contributed by atoms with van der Waals surface area (Å²) in [6, 6.07) is 0. The predicted molar refractivity (Wildman–Crippen MR) is 43.6 cm³/mol. The van der Waals surface area contributed by atoms with Crippen molar-refractivity contribution in [2.45, 2.75) is 45.6 Å². The van der Waals surface area contributed by atoms with Crippen molar-refractivity contribution in [3.8, 4) is 0 Å². The zero-order valence-corrected chi connectivity index (χ0v) is 7.99. The Morgan fingerprint density at radius 1 is 1.44 bits per heavy atom. The SMILES string of the molecule is CCCC(C)(CC)OBr. The van der Waals surface area contributed by atoms with Gasteiger partial charge in [0.05, 0.1) is 21.9 Å². The number of hydrogen-bond donors (Lipinski definition) is 0. The molecule has 0 aliphatic heterocycles. The van der Waals surface area contributed by atoms with E-state index in [-0.39, 0.29) is 5.60 Å². The summed E-state index contributed by atoms with van der Waals surface area (Å²) in [5, 5.41) is 0. The Morgan fingerprint density at radius 2 is 2.00 bits per heavy atom.